The molecule has 0 spiro atoms. The number of ether oxygens (including phenoxy) is 1. The van der Waals surface area contributed by atoms with Crippen LogP contribution in [0.3, 0.4) is 0 Å². The average molecular weight is 292 g/mol. The molecule has 0 bridgehead atoms. The van der Waals surface area contributed by atoms with Crippen LogP contribution in [0.1, 0.15) is 23.6 Å². The summed E-state index contributed by atoms with van der Waals surface area (Å²) in [5.74, 6) is -0.678. The number of carbonyl (C=O) groups is 1. The topological polar surface area (TPSA) is 50.1 Å². The van der Waals surface area contributed by atoms with Crippen LogP contribution in [0.15, 0.2) is 12.1 Å². The molecule has 0 saturated heterocycles. The van der Waals surface area contributed by atoms with E-state index in [1.165, 1.54) is 12.1 Å². The summed E-state index contributed by atoms with van der Waals surface area (Å²) in [5.41, 5.74) is -1.82. The van der Waals surface area contributed by atoms with Gasteiger partial charge in [0, 0.05) is 0 Å². The summed E-state index contributed by atoms with van der Waals surface area (Å²) >= 11 is 5.64. The molecule has 1 aromatic carbocycles. The van der Waals surface area contributed by atoms with Crippen molar-refractivity contribution in [2.75, 3.05) is 6.61 Å². The van der Waals surface area contributed by atoms with Crippen molar-refractivity contribution in [3.05, 3.63) is 33.8 Å². The van der Waals surface area contributed by atoms with Crippen molar-refractivity contribution in [1.82, 2.24) is 0 Å². The minimum absolute atomic E-state index is 0.0218. The van der Waals surface area contributed by atoms with Gasteiger partial charge in [0.05, 0.1) is 35.2 Å². The molecule has 102 valence electrons. The zero-order valence-electron chi connectivity index (χ0n) is 9.84. The first-order valence-electron chi connectivity index (χ1n) is 5.25. The molecule has 0 aromatic heterocycles. The Bertz CT molecular complexity index is 535. The van der Waals surface area contributed by atoms with E-state index in [1.54, 1.807) is 6.92 Å². The SMILES string of the molecule is CCOC(=O)Cc1ccc(C#N)c(C(F)(F)F)c1Cl. The molecule has 0 atom stereocenters. The molecule has 19 heavy (non-hydrogen) atoms. The molecule has 0 amide bonds. The maximum atomic E-state index is 12.8. The van der Waals surface area contributed by atoms with E-state index >= 15 is 0 Å². The highest BCUT2D eigenvalue weighted by molar-refractivity contribution is 6.32. The third-order valence-corrected chi connectivity index (χ3v) is 2.70. The lowest BCUT2D eigenvalue weighted by molar-refractivity contribution is -0.142. The highest BCUT2D eigenvalue weighted by atomic mass is 35.5. The summed E-state index contributed by atoms with van der Waals surface area (Å²) in [6.45, 7) is 1.71. The quantitative estimate of drug-likeness (QED) is 0.803. The Kier molecular flexibility index (Phi) is 4.78. The molecule has 1 aromatic rings. The fourth-order valence-corrected chi connectivity index (χ4v) is 1.83. The van der Waals surface area contributed by atoms with E-state index in [2.05, 4.69) is 4.74 Å². The maximum Gasteiger partial charge on any atom is 0.419 e. The van der Waals surface area contributed by atoms with Gasteiger partial charge in [-0.15, -0.1) is 0 Å². The number of hydrogen-bond acceptors (Lipinski definition) is 3. The molecular formula is C12H9ClF3NO2. The first-order valence-corrected chi connectivity index (χ1v) is 5.63. The van der Waals surface area contributed by atoms with E-state index in [9.17, 15) is 18.0 Å². The average Bonchev–Trinajstić information content (AvgIpc) is 2.30. The summed E-state index contributed by atoms with van der Waals surface area (Å²) in [6.07, 6.45) is -5.13. The first-order chi connectivity index (χ1) is 8.81. The molecule has 0 heterocycles. The molecule has 0 aliphatic heterocycles. The number of benzene rings is 1. The Morgan fingerprint density at radius 1 is 1.47 bits per heavy atom. The van der Waals surface area contributed by atoms with Crippen molar-refractivity contribution in [2.24, 2.45) is 0 Å². The molecule has 0 fully saturated rings. The molecule has 1 rings (SSSR count). The molecule has 0 aliphatic rings. The third-order valence-electron chi connectivity index (χ3n) is 2.27. The van der Waals surface area contributed by atoms with Gasteiger partial charge in [-0.3, -0.25) is 4.79 Å². The third kappa shape index (κ3) is 3.61. The molecule has 0 radical (unpaired) electrons. The van der Waals surface area contributed by atoms with Crippen molar-refractivity contribution in [1.29, 1.82) is 5.26 Å². The number of carbonyl (C=O) groups excluding carboxylic acids is 1. The molecule has 0 saturated carbocycles. The van der Waals surface area contributed by atoms with Crippen molar-refractivity contribution in [3.63, 3.8) is 0 Å². The zero-order chi connectivity index (χ0) is 14.6. The summed E-state index contributed by atoms with van der Waals surface area (Å²) in [5, 5.41) is 8.02. The van der Waals surface area contributed by atoms with Crippen LogP contribution in [0.4, 0.5) is 13.2 Å². The maximum absolute atomic E-state index is 12.8. The predicted octanol–water partition coefficient (Wildman–Crippen LogP) is 3.34. The van der Waals surface area contributed by atoms with E-state index in [0.717, 1.165) is 6.07 Å². The van der Waals surface area contributed by atoms with Gasteiger partial charge in [-0.05, 0) is 18.6 Å². The van der Waals surface area contributed by atoms with Crippen LogP contribution in [0.5, 0.6) is 0 Å². The number of esters is 1. The van der Waals surface area contributed by atoms with E-state index in [1.807, 2.05) is 0 Å². The van der Waals surface area contributed by atoms with Gasteiger partial charge in [0.2, 0.25) is 0 Å². The molecule has 7 heteroatoms. The Morgan fingerprint density at radius 2 is 2.11 bits per heavy atom. The highest BCUT2D eigenvalue weighted by Crippen LogP contribution is 2.38. The minimum atomic E-state index is -4.76. The van der Waals surface area contributed by atoms with Crippen LogP contribution in [0, 0.1) is 11.3 Å². The Balaban J connectivity index is 3.25. The van der Waals surface area contributed by atoms with Gasteiger partial charge < -0.3 is 4.74 Å². The lowest BCUT2D eigenvalue weighted by atomic mass is 10.0. The number of alkyl halides is 3. The Labute approximate surface area is 112 Å². The van der Waals surface area contributed by atoms with Gasteiger partial charge in [0.25, 0.3) is 0 Å². The van der Waals surface area contributed by atoms with E-state index < -0.39 is 28.3 Å². The Morgan fingerprint density at radius 3 is 2.58 bits per heavy atom. The standard InChI is InChI=1S/C12H9ClF3NO2/c1-2-19-9(18)5-7-3-4-8(6-17)10(11(7)13)12(14,15)16/h3-4H,2,5H2,1H3. The second kappa shape index (κ2) is 5.93. The van der Waals surface area contributed by atoms with E-state index in [4.69, 9.17) is 16.9 Å². The van der Waals surface area contributed by atoms with Gasteiger partial charge in [0.1, 0.15) is 0 Å². The smallest absolute Gasteiger partial charge is 0.419 e. The monoisotopic (exact) mass is 291 g/mol. The van der Waals surface area contributed by atoms with E-state index in [-0.39, 0.29) is 18.6 Å². The summed E-state index contributed by atoms with van der Waals surface area (Å²) < 4.78 is 43.1. The molecule has 0 aliphatic carbocycles. The molecule has 0 unspecified atom stereocenters. The van der Waals surface area contributed by atoms with Crippen molar-refractivity contribution >= 4 is 17.6 Å². The van der Waals surface area contributed by atoms with Gasteiger partial charge in [-0.25, -0.2) is 0 Å². The number of rotatable bonds is 3. The van der Waals surface area contributed by atoms with Gasteiger partial charge in [-0.2, -0.15) is 18.4 Å². The molecule has 3 nitrogen and oxygen atoms in total. The number of nitriles is 1. The van der Waals surface area contributed by atoms with Crippen LogP contribution in [-0.4, -0.2) is 12.6 Å². The summed E-state index contributed by atoms with van der Waals surface area (Å²) in [4.78, 5) is 11.3. The van der Waals surface area contributed by atoms with Crippen LogP contribution in [0.25, 0.3) is 0 Å². The predicted molar refractivity (Wildman–Crippen MR) is 61.5 cm³/mol. The van der Waals surface area contributed by atoms with Crippen LogP contribution in [0.2, 0.25) is 5.02 Å². The summed E-state index contributed by atoms with van der Waals surface area (Å²) in [7, 11) is 0. The molecule has 0 N–H and O–H groups in total. The lowest BCUT2D eigenvalue weighted by Gasteiger charge is -2.13. The minimum Gasteiger partial charge on any atom is -0.466 e. The first kappa shape index (κ1) is 15.3. The highest BCUT2D eigenvalue weighted by Gasteiger charge is 2.37. The Hall–Kier alpha value is -1.74. The second-order valence-electron chi connectivity index (χ2n) is 3.55. The number of nitrogens with zero attached hydrogens (tertiary/aromatic N) is 1. The van der Waals surface area contributed by atoms with Gasteiger partial charge in [0.15, 0.2) is 0 Å². The van der Waals surface area contributed by atoms with Crippen molar-refractivity contribution < 1.29 is 22.7 Å². The number of hydrogen-bond donors (Lipinski definition) is 0. The van der Waals surface area contributed by atoms with Crippen LogP contribution < -0.4 is 0 Å². The number of halogens is 4. The normalized spacial score (nSPS) is 10.9. The lowest BCUT2D eigenvalue weighted by Crippen LogP contribution is -2.13. The zero-order valence-corrected chi connectivity index (χ0v) is 10.6. The largest absolute Gasteiger partial charge is 0.466 e. The van der Waals surface area contributed by atoms with Gasteiger partial charge in [-0.1, -0.05) is 17.7 Å². The van der Waals surface area contributed by atoms with Crippen molar-refractivity contribution in [3.8, 4) is 6.07 Å². The fourth-order valence-electron chi connectivity index (χ4n) is 1.49. The van der Waals surface area contributed by atoms with Gasteiger partial charge >= 0.3 is 12.1 Å². The molecular weight excluding hydrogens is 283 g/mol. The second-order valence-corrected chi connectivity index (χ2v) is 3.93. The van der Waals surface area contributed by atoms with E-state index in [0.29, 0.717) is 0 Å². The van der Waals surface area contributed by atoms with Crippen LogP contribution >= 0.6 is 11.6 Å². The van der Waals surface area contributed by atoms with Crippen LogP contribution in [-0.2, 0) is 22.1 Å². The summed E-state index contributed by atoms with van der Waals surface area (Å²) in [6, 6.07) is 3.63. The van der Waals surface area contributed by atoms with Crippen molar-refractivity contribution in [2.45, 2.75) is 19.5 Å². The fraction of sp³-hybridized carbons (Fsp3) is 0.333.